The van der Waals surface area contributed by atoms with Crippen molar-refractivity contribution in [2.75, 3.05) is 26.3 Å². The van der Waals surface area contributed by atoms with E-state index in [1.165, 1.54) is 0 Å². The number of morpholine rings is 1. The summed E-state index contributed by atoms with van der Waals surface area (Å²) in [4.78, 5) is 14.2. The Balaban J connectivity index is 1.84. The van der Waals surface area contributed by atoms with Crippen LogP contribution < -0.4 is 5.32 Å². The first kappa shape index (κ1) is 13.4. The van der Waals surface area contributed by atoms with E-state index in [2.05, 4.69) is 5.32 Å². The number of hydrogen-bond acceptors (Lipinski definition) is 4. The lowest BCUT2D eigenvalue weighted by atomic mass is 9.87. The van der Waals surface area contributed by atoms with Crippen LogP contribution in [0.3, 0.4) is 0 Å². The van der Waals surface area contributed by atoms with E-state index in [-0.39, 0.29) is 23.8 Å². The highest BCUT2D eigenvalue weighted by Gasteiger charge is 2.43. The number of aromatic hydroxyl groups is 1. The van der Waals surface area contributed by atoms with Gasteiger partial charge in [0.25, 0.3) is 0 Å². The predicted octanol–water partition coefficient (Wildman–Crippen LogP) is 0.873. The Hall–Kier alpha value is -1.59. The molecule has 1 aromatic carbocycles. The normalized spacial score (nSPS) is 27.0. The third kappa shape index (κ3) is 2.51. The van der Waals surface area contributed by atoms with Crippen LogP contribution in [-0.4, -0.2) is 47.8 Å². The van der Waals surface area contributed by atoms with E-state index in [0.717, 1.165) is 31.5 Å². The molecule has 1 aromatic rings. The first-order valence-corrected chi connectivity index (χ1v) is 7.06. The number of phenolic OH excluding ortho intramolecular Hbond substituents is 1. The SMILES string of the molecule is O=C1COCC2(CCCNC2)N1Cc1cccc(O)c1. The van der Waals surface area contributed by atoms with E-state index in [1.807, 2.05) is 11.0 Å². The van der Waals surface area contributed by atoms with Crippen molar-refractivity contribution >= 4 is 5.91 Å². The van der Waals surface area contributed by atoms with E-state index in [4.69, 9.17) is 4.74 Å². The molecule has 108 valence electrons. The molecule has 1 amide bonds. The minimum absolute atomic E-state index is 0.0308. The van der Waals surface area contributed by atoms with Crippen LogP contribution >= 0.6 is 0 Å². The summed E-state index contributed by atoms with van der Waals surface area (Å²) < 4.78 is 5.49. The molecule has 2 fully saturated rings. The summed E-state index contributed by atoms with van der Waals surface area (Å²) in [6.45, 7) is 3.04. The third-order valence-electron chi connectivity index (χ3n) is 4.17. The van der Waals surface area contributed by atoms with Gasteiger partial charge < -0.3 is 20.1 Å². The first-order chi connectivity index (χ1) is 9.70. The van der Waals surface area contributed by atoms with Crippen molar-refractivity contribution in [3.05, 3.63) is 29.8 Å². The van der Waals surface area contributed by atoms with Crippen LogP contribution in [0.5, 0.6) is 5.75 Å². The lowest BCUT2D eigenvalue weighted by molar-refractivity contribution is -0.161. The van der Waals surface area contributed by atoms with Crippen molar-refractivity contribution in [2.24, 2.45) is 0 Å². The number of piperidine rings is 1. The zero-order chi connectivity index (χ0) is 14.0. The maximum atomic E-state index is 12.3. The molecular weight excluding hydrogens is 256 g/mol. The molecule has 0 radical (unpaired) electrons. The summed E-state index contributed by atoms with van der Waals surface area (Å²) >= 11 is 0. The summed E-state index contributed by atoms with van der Waals surface area (Å²) in [6.07, 6.45) is 2.01. The number of carbonyl (C=O) groups excluding carboxylic acids is 1. The van der Waals surface area contributed by atoms with Crippen molar-refractivity contribution in [1.29, 1.82) is 0 Å². The van der Waals surface area contributed by atoms with Crippen LogP contribution in [0, 0.1) is 0 Å². The molecule has 0 saturated carbocycles. The minimum Gasteiger partial charge on any atom is -0.508 e. The number of nitrogens with one attached hydrogen (secondary N) is 1. The quantitative estimate of drug-likeness (QED) is 0.841. The highest BCUT2D eigenvalue weighted by molar-refractivity contribution is 5.79. The Morgan fingerprint density at radius 3 is 3.10 bits per heavy atom. The molecule has 5 nitrogen and oxygen atoms in total. The number of carbonyl (C=O) groups is 1. The van der Waals surface area contributed by atoms with Gasteiger partial charge in [0.1, 0.15) is 12.4 Å². The molecule has 1 spiro atoms. The Bertz CT molecular complexity index is 492. The van der Waals surface area contributed by atoms with Crippen LogP contribution in [0.15, 0.2) is 24.3 Å². The fraction of sp³-hybridized carbons (Fsp3) is 0.533. The highest BCUT2D eigenvalue weighted by Crippen LogP contribution is 2.30. The van der Waals surface area contributed by atoms with E-state index in [0.29, 0.717) is 13.2 Å². The molecule has 2 N–H and O–H groups in total. The van der Waals surface area contributed by atoms with Crippen LogP contribution in [0.25, 0.3) is 0 Å². The molecule has 1 unspecified atom stereocenters. The van der Waals surface area contributed by atoms with Crippen LogP contribution in [0.2, 0.25) is 0 Å². The van der Waals surface area contributed by atoms with Crippen molar-refractivity contribution in [3.8, 4) is 5.75 Å². The zero-order valence-electron chi connectivity index (χ0n) is 11.5. The Labute approximate surface area is 118 Å². The van der Waals surface area contributed by atoms with E-state index in [9.17, 15) is 9.90 Å². The topological polar surface area (TPSA) is 61.8 Å². The fourth-order valence-electron chi connectivity index (χ4n) is 3.15. The Morgan fingerprint density at radius 1 is 1.45 bits per heavy atom. The number of amides is 1. The van der Waals surface area contributed by atoms with Gasteiger partial charge in [-0.25, -0.2) is 0 Å². The van der Waals surface area contributed by atoms with Gasteiger partial charge in [-0.15, -0.1) is 0 Å². The van der Waals surface area contributed by atoms with Crippen molar-refractivity contribution < 1.29 is 14.6 Å². The number of benzene rings is 1. The predicted molar refractivity (Wildman–Crippen MR) is 74.3 cm³/mol. The molecule has 1 atom stereocenters. The van der Waals surface area contributed by atoms with Gasteiger partial charge in [-0.1, -0.05) is 12.1 Å². The summed E-state index contributed by atoms with van der Waals surface area (Å²) in [6, 6.07) is 7.10. The molecule has 0 aromatic heterocycles. The van der Waals surface area contributed by atoms with Crippen LogP contribution in [-0.2, 0) is 16.1 Å². The maximum absolute atomic E-state index is 12.3. The van der Waals surface area contributed by atoms with Crippen molar-refractivity contribution in [2.45, 2.75) is 24.9 Å². The van der Waals surface area contributed by atoms with Crippen LogP contribution in [0.4, 0.5) is 0 Å². The molecule has 0 bridgehead atoms. The molecule has 2 saturated heterocycles. The first-order valence-electron chi connectivity index (χ1n) is 7.06. The number of nitrogens with zero attached hydrogens (tertiary/aromatic N) is 1. The van der Waals surface area contributed by atoms with Crippen molar-refractivity contribution in [1.82, 2.24) is 10.2 Å². The lowest BCUT2D eigenvalue weighted by Gasteiger charge is -2.49. The largest absolute Gasteiger partial charge is 0.508 e. The second-order valence-corrected chi connectivity index (χ2v) is 5.65. The number of rotatable bonds is 2. The third-order valence-corrected chi connectivity index (χ3v) is 4.17. The summed E-state index contributed by atoms with van der Waals surface area (Å²) in [7, 11) is 0. The van der Waals surface area contributed by atoms with Gasteiger partial charge in [-0.05, 0) is 37.1 Å². The average Bonchev–Trinajstić information content (AvgIpc) is 2.44. The van der Waals surface area contributed by atoms with Crippen molar-refractivity contribution in [3.63, 3.8) is 0 Å². The number of ether oxygens (including phenoxy) is 1. The van der Waals surface area contributed by atoms with Gasteiger partial charge >= 0.3 is 0 Å². The molecule has 2 aliphatic heterocycles. The average molecular weight is 276 g/mol. The van der Waals surface area contributed by atoms with E-state index >= 15 is 0 Å². The molecule has 0 aliphatic carbocycles. The Morgan fingerprint density at radius 2 is 2.35 bits per heavy atom. The molecule has 2 aliphatic rings. The van der Waals surface area contributed by atoms with E-state index in [1.54, 1.807) is 18.2 Å². The minimum atomic E-state index is -0.237. The van der Waals surface area contributed by atoms with E-state index < -0.39 is 0 Å². The van der Waals surface area contributed by atoms with Crippen LogP contribution in [0.1, 0.15) is 18.4 Å². The monoisotopic (exact) mass is 276 g/mol. The fourth-order valence-corrected chi connectivity index (χ4v) is 3.15. The lowest BCUT2D eigenvalue weighted by Crippen LogP contribution is -2.65. The van der Waals surface area contributed by atoms with Gasteiger partial charge in [0.05, 0.1) is 12.1 Å². The van der Waals surface area contributed by atoms with Gasteiger partial charge in [0, 0.05) is 13.1 Å². The smallest absolute Gasteiger partial charge is 0.249 e. The molecule has 3 rings (SSSR count). The summed E-state index contributed by atoms with van der Waals surface area (Å²) in [5.74, 6) is 0.266. The molecule has 2 heterocycles. The number of phenols is 1. The summed E-state index contributed by atoms with van der Waals surface area (Å²) in [5, 5.41) is 12.9. The van der Waals surface area contributed by atoms with Gasteiger partial charge in [-0.2, -0.15) is 0 Å². The number of hydrogen-bond donors (Lipinski definition) is 2. The van der Waals surface area contributed by atoms with Gasteiger partial charge in [0.15, 0.2) is 0 Å². The molecule has 5 heteroatoms. The standard InChI is InChI=1S/C15H20N2O3/c18-13-4-1-3-12(7-13)8-17-14(19)9-20-11-15(17)5-2-6-16-10-15/h1,3-4,7,16,18H,2,5-6,8-11H2. The molecule has 20 heavy (non-hydrogen) atoms. The second-order valence-electron chi connectivity index (χ2n) is 5.65. The Kier molecular flexibility index (Phi) is 3.63. The molecular formula is C15H20N2O3. The van der Waals surface area contributed by atoms with Gasteiger partial charge in [-0.3, -0.25) is 4.79 Å². The highest BCUT2D eigenvalue weighted by atomic mass is 16.5. The van der Waals surface area contributed by atoms with Gasteiger partial charge in [0.2, 0.25) is 5.91 Å². The second kappa shape index (κ2) is 5.42. The zero-order valence-corrected chi connectivity index (χ0v) is 11.5. The summed E-state index contributed by atoms with van der Waals surface area (Å²) in [5.41, 5.74) is 0.712. The maximum Gasteiger partial charge on any atom is 0.249 e.